The van der Waals surface area contributed by atoms with E-state index < -0.39 is 0 Å². The van der Waals surface area contributed by atoms with Crippen LogP contribution in [-0.4, -0.2) is 0 Å². The first-order valence-corrected chi connectivity index (χ1v) is 4.72. The molecule has 0 aliphatic heterocycles. The maximum Gasteiger partial charge on any atom is -0.00289 e. The lowest BCUT2D eigenvalue weighted by molar-refractivity contribution is 1.14. The Morgan fingerprint density at radius 2 is 2.00 bits per heavy atom. The van der Waals surface area contributed by atoms with Crippen molar-refractivity contribution in [1.82, 2.24) is 0 Å². The van der Waals surface area contributed by atoms with Crippen LogP contribution in [0.4, 0.5) is 0 Å². The van der Waals surface area contributed by atoms with Crippen LogP contribution < -0.4 is 0 Å². The zero-order valence-corrected chi connectivity index (χ0v) is 8.16. The third-order valence-corrected chi connectivity index (χ3v) is 1.94. The summed E-state index contributed by atoms with van der Waals surface area (Å²) in [6.07, 6.45) is 16.8. The summed E-state index contributed by atoms with van der Waals surface area (Å²) in [5.74, 6) is 0. The molecule has 0 N–H and O–H groups in total. The van der Waals surface area contributed by atoms with Gasteiger partial charge in [0.15, 0.2) is 0 Å². The summed E-state index contributed by atoms with van der Waals surface area (Å²) in [5.41, 5.74) is 2.71. The second kappa shape index (κ2) is 5.36. The van der Waals surface area contributed by atoms with Crippen LogP contribution in [0.3, 0.4) is 0 Å². The van der Waals surface area contributed by atoms with Crippen molar-refractivity contribution in [1.29, 1.82) is 0 Å². The van der Waals surface area contributed by atoms with Gasteiger partial charge in [0.25, 0.3) is 0 Å². The lowest BCUT2D eigenvalue weighted by Gasteiger charge is -2.00. The molecule has 0 fully saturated rings. The summed E-state index contributed by atoms with van der Waals surface area (Å²) >= 11 is 0. The molecular weight excluding hydrogens is 156 g/mol. The van der Waals surface area contributed by atoms with Crippen LogP contribution >= 0.6 is 0 Å². The van der Waals surface area contributed by atoms with E-state index in [9.17, 15) is 0 Å². The van der Waals surface area contributed by atoms with E-state index in [0.29, 0.717) is 0 Å². The van der Waals surface area contributed by atoms with E-state index in [1.165, 1.54) is 11.1 Å². The highest BCUT2D eigenvalue weighted by Gasteiger charge is 1.97. The molecule has 0 aromatic carbocycles. The van der Waals surface area contributed by atoms with E-state index in [1.807, 2.05) is 6.08 Å². The molecule has 0 amide bonds. The number of hydrogen-bond acceptors (Lipinski definition) is 0. The summed E-state index contributed by atoms with van der Waals surface area (Å²) in [6.45, 7) is 5.87. The molecule has 0 saturated carbocycles. The maximum absolute atomic E-state index is 3.71. The van der Waals surface area contributed by atoms with Gasteiger partial charge in [-0.25, -0.2) is 0 Å². The summed E-state index contributed by atoms with van der Waals surface area (Å²) in [6, 6.07) is 0. The molecule has 0 radical (unpaired) electrons. The van der Waals surface area contributed by atoms with Gasteiger partial charge in [-0.15, -0.1) is 0 Å². The standard InChI is InChI=1S/C13H16/c1-3-7-12-9-5-6-10-13(11-12)8-4-2/h3,5-10H,1,4,11H2,2H3/b12-7-,13-8-. The van der Waals surface area contributed by atoms with Crippen molar-refractivity contribution in [3.8, 4) is 0 Å². The van der Waals surface area contributed by atoms with Crippen LogP contribution in [0.5, 0.6) is 0 Å². The SMILES string of the molecule is C=C/C=C1/C=CC=C/C(=C/CC)C1. The number of hydrogen-bond donors (Lipinski definition) is 0. The molecule has 0 saturated heterocycles. The molecule has 1 aliphatic carbocycles. The molecule has 0 atom stereocenters. The normalized spacial score (nSPS) is 22.2. The molecule has 0 heterocycles. The number of allylic oxidation sites excluding steroid dienone is 9. The predicted octanol–water partition coefficient (Wildman–Crippen LogP) is 3.95. The first-order chi connectivity index (χ1) is 6.36. The van der Waals surface area contributed by atoms with Gasteiger partial charge in [0.2, 0.25) is 0 Å². The van der Waals surface area contributed by atoms with Gasteiger partial charge in [-0.3, -0.25) is 0 Å². The van der Waals surface area contributed by atoms with Crippen LogP contribution in [0.15, 0.2) is 60.3 Å². The average molecular weight is 172 g/mol. The molecule has 0 aromatic rings. The van der Waals surface area contributed by atoms with Crippen molar-refractivity contribution >= 4 is 0 Å². The average Bonchev–Trinajstić information content (AvgIpc) is 2.32. The summed E-state index contributed by atoms with van der Waals surface area (Å²) in [7, 11) is 0. The predicted molar refractivity (Wildman–Crippen MR) is 59.6 cm³/mol. The summed E-state index contributed by atoms with van der Waals surface area (Å²) < 4.78 is 0. The minimum absolute atomic E-state index is 1.02. The van der Waals surface area contributed by atoms with Crippen LogP contribution in [0.1, 0.15) is 19.8 Å². The van der Waals surface area contributed by atoms with Gasteiger partial charge in [-0.1, -0.05) is 56.0 Å². The van der Waals surface area contributed by atoms with Crippen LogP contribution in [0, 0.1) is 0 Å². The Labute approximate surface area is 80.7 Å². The molecule has 0 spiro atoms. The second-order valence-corrected chi connectivity index (χ2v) is 3.06. The van der Waals surface area contributed by atoms with Gasteiger partial charge < -0.3 is 0 Å². The fourth-order valence-corrected chi connectivity index (χ4v) is 1.38. The molecule has 0 aromatic heterocycles. The zero-order valence-electron chi connectivity index (χ0n) is 8.16. The monoisotopic (exact) mass is 172 g/mol. The molecule has 13 heavy (non-hydrogen) atoms. The van der Waals surface area contributed by atoms with Crippen molar-refractivity contribution in [2.45, 2.75) is 19.8 Å². The van der Waals surface area contributed by atoms with Gasteiger partial charge in [0, 0.05) is 0 Å². The van der Waals surface area contributed by atoms with Gasteiger partial charge in [-0.2, -0.15) is 0 Å². The Hall–Kier alpha value is -1.30. The van der Waals surface area contributed by atoms with Crippen molar-refractivity contribution < 1.29 is 0 Å². The Morgan fingerprint density at radius 1 is 1.31 bits per heavy atom. The highest BCUT2D eigenvalue weighted by molar-refractivity contribution is 5.38. The Balaban J connectivity index is 2.80. The van der Waals surface area contributed by atoms with E-state index in [-0.39, 0.29) is 0 Å². The first kappa shape index (κ1) is 9.79. The highest BCUT2D eigenvalue weighted by atomic mass is 14.0. The molecule has 0 unspecified atom stereocenters. The Bertz CT molecular complexity index is 285. The van der Waals surface area contributed by atoms with Crippen LogP contribution in [0.25, 0.3) is 0 Å². The van der Waals surface area contributed by atoms with Gasteiger partial charge >= 0.3 is 0 Å². The van der Waals surface area contributed by atoms with E-state index >= 15 is 0 Å². The number of rotatable bonds is 2. The lowest BCUT2D eigenvalue weighted by Crippen LogP contribution is -1.81. The minimum atomic E-state index is 1.02. The fraction of sp³-hybridized carbons (Fsp3) is 0.231. The molecule has 0 heteroatoms. The second-order valence-electron chi connectivity index (χ2n) is 3.06. The Kier molecular flexibility index (Phi) is 4.04. The van der Waals surface area contributed by atoms with Crippen molar-refractivity contribution in [3.63, 3.8) is 0 Å². The maximum atomic E-state index is 3.71. The molecule has 0 bridgehead atoms. The third-order valence-electron chi connectivity index (χ3n) is 1.94. The summed E-state index contributed by atoms with van der Waals surface area (Å²) in [4.78, 5) is 0. The van der Waals surface area contributed by atoms with E-state index in [2.05, 4.69) is 50.0 Å². The molecule has 1 rings (SSSR count). The fourth-order valence-electron chi connectivity index (χ4n) is 1.38. The van der Waals surface area contributed by atoms with E-state index in [1.54, 1.807) is 0 Å². The van der Waals surface area contributed by atoms with Crippen LogP contribution in [0.2, 0.25) is 0 Å². The van der Waals surface area contributed by atoms with Crippen molar-refractivity contribution in [2.24, 2.45) is 0 Å². The molecule has 1 aliphatic rings. The minimum Gasteiger partial charge on any atom is -0.0991 e. The topological polar surface area (TPSA) is 0 Å². The first-order valence-electron chi connectivity index (χ1n) is 4.72. The highest BCUT2D eigenvalue weighted by Crippen LogP contribution is 2.17. The van der Waals surface area contributed by atoms with Gasteiger partial charge in [0.1, 0.15) is 0 Å². The molecule has 68 valence electrons. The van der Waals surface area contributed by atoms with Crippen LogP contribution in [-0.2, 0) is 0 Å². The van der Waals surface area contributed by atoms with E-state index in [4.69, 9.17) is 0 Å². The summed E-state index contributed by atoms with van der Waals surface area (Å²) in [5, 5.41) is 0. The lowest BCUT2D eigenvalue weighted by atomic mass is 10.1. The smallest absolute Gasteiger partial charge is 0.00289 e. The van der Waals surface area contributed by atoms with E-state index in [0.717, 1.165) is 12.8 Å². The quantitative estimate of drug-likeness (QED) is 0.591. The molecular formula is C13H16. The zero-order chi connectivity index (χ0) is 9.52. The Morgan fingerprint density at radius 3 is 2.62 bits per heavy atom. The third kappa shape index (κ3) is 3.29. The van der Waals surface area contributed by atoms with Crippen molar-refractivity contribution in [3.05, 3.63) is 60.3 Å². The van der Waals surface area contributed by atoms with Gasteiger partial charge in [-0.05, 0) is 24.0 Å². The van der Waals surface area contributed by atoms with Crippen molar-refractivity contribution in [2.75, 3.05) is 0 Å². The largest absolute Gasteiger partial charge is 0.0991 e. The van der Waals surface area contributed by atoms with Gasteiger partial charge in [0.05, 0.1) is 0 Å². The molecule has 0 nitrogen and oxygen atoms in total.